The molecule has 0 fully saturated rings. The number of nitrogens with one attached hydrogen (secondary N) is 1. The number of ether oxygens (including phenoxy) is 1. The molecule has 0 atom stereocenters. The van der Waals surface area contributed by atoms with Gasteiger partial charge in [0.05, 0.1) is 24.1 Å². The quantitative estimate of drug-likeness (QED) is 0.481. The molecule has 1 heterocycles. The Kier molecular flexibility index (Phi) is 5.82. The molecule has 27 heavy (non-hydrogen) atoms. The van der Waals surface area contributed by atoms with Crippen LogP contribution in [0.25, 0.3) is 11.4 Å². The van der Waals surface area contributed by atoms with Crippen molar-refractivity contribution in [1.29, 1.82) is 0 Å². The maximum Gasteiger partial charge on any atom is 0.234 e. The molecule has 0 spiro atoms. The fourth-order valence-corrected chi connectivity index (χ4v) is 3.11. The van der Waals surface area contributed by atoms with Gasteiger partial charge in [-0.3, -0.25) is 4.79 Å². The first-order chi connectivity index (χ1) is 13.0. The van der Waals surface area contributed by atoms with Crippen molar-refractivity contribution in [3.8, 4) is 17.1 Å². The van der Waals surface area contributed by atoms with Crippen LogP contribution in [0.15, 0.2) is 47.6 Å². The molecule has 1 amide bonds. The van der Waals surface area contributed by atoms with Gasteiger partial charge in [0.2, 0.25) is 11.1 Å². The average molecular weight is 408 g/mol. The summed E-state index contributed by atoms with van der Waals surface area (Å²) in [6.07, 6.45) is 0. The van der Waals surface area contributed by atoms with Crippen LogP contribution in [-0.4, -0.2) is 33.6 Å². The van der Waals surface area contributed by atoms with E-state index in [9.17, 15) is 9.18 Å². The molecule has 3 aromatic rings. The lowest BCUT2D eigenvalue weighted by Gasteiger charge is -2.08. The van der Waals surface area contributed by atoms with Crippen molar-refractivity contribution < 1.29 is 13.9 Å². The number of halogens is 2. The van der Waals surface area contributed by atoms with Crippen LogP contribution in [0.3, 0.4) is 0 Å². The van der Waals surface area contributed by atoms with E-state index in [1.165, 1.54) is 16.8 Å². The number of thioether (sulfide) groups is 1. The predicted molar refractivity (Wildman–Crippen MR) is 103 cm³/mol. The number of anilines is 1. The minimum absolute atomic E-state index is 0.0245. The van der Waals surface area contributed by atoms with E-state index in [1.807, 2.05) is 12.1 Å². The highest BCUT2D eigenvalue weighted by Gasteiger charge is 2.17. The largest absolute Gasteiger partial charge is 0.496 e. The van der Waals surface area contributed by atoms with E-state index in [0.717, 1.165) is 17.8 Å². The SMILES string of the molecule is COc1ccccc1-c1nnc(SCC(=O)Nc2ccc(Cl)cc2F)n1N. The number of amides is 1. The number of aromatic nitrogens is 3. The first kappa shape index (κ1) is 19.0. The van der Waals surface area contributed by atoms with E-state index in [0.29, 0.717) is 22.3 Å². The number of hydrogen-bond acceptors (Lipinski definition) is 6. The molecule has 10 heteroatoms. The standard InChI is InChI=1S/C17H15ClFN5O2S/c1-26-14-5-3-2-4-11(14)16-22-23-17(24(16)20)27-9-15(25)21-13-7-6-10(18)8-12(13)19/h2-8H,9,20H2,1H3,(H,21,25). The topological polar surface area (TPSA) is 95.1 Å². The number of carbonyl (C=O) groups is 1. The van der Waals surface area contributed by atoms with E-state index in [4.69, 9.17) is 22.2 Å². The van der Waals surface area contributed by atoms with Crippen LogP contribution in [-0.2, 0) is 4.79 Å². The van der Waals surface area contributed by atoms with Crippen molar-refractivity contribution >= 4 is 35.0 Å². The maximum atomic E-state index is 13.7. The summed E-state index contributed by atoms with van der Waals surface area (Å²) < 4.78 is 20.3. The summed E-state index contributed by atoms with van der Waals surface area (Å²) in [6, 6.07) is 11.2. The zero-order valence-corrected chi connectivity index (χ0v) is 15.7. The van der Waals surface area contributed by atoms with E-state index in [1.54, 1.807) is 19.2 Å². The van der Waals surface area contributed by atoms with Crippen LogP contribution < -0.4 is 15.9 Å². The number of benzene rings is 2. The molecule has 0 saturated carbocycles. The molecule has 0 bridgehead atoms. The summed E-state index contributed by atoms with van der Waals surface area (Å²) in [4.78, 5) is 12.1. The molecule has 0 aliphatic heterocycles. The number of nitrogens with two attached hydrogens (primary N) is 1. The highest BCUT2D eigenvalue weighted by molar-refractivity contribution is 7.99. The number of methoxy groups -OCH3 is 1. The first-order valence-electron chi connectivity index (χ1n) is 7.71. The van der Waals surface area contributed by atoms with E-state index in [-0.39, 0.29) is 16.5 Å². The maximum absolute atomic E-state index is 13.7. The van der Waals surface area contributed by atoms with Crippen LogP contribution in [0.1, 0.15) is 0 Å². The number of rotatable bonds is 6. The molecule has 3 rings (SSSR count). The normalized spacial score (nSPS) is 10.6. The molecule has 140 valence electrons. The fraction of sp³-hybridized carbons (Fsp3) is 0.118. The van der Waals surface area contributed by atoms with Crippen LogP contribution in [0.4, 0.5) is 10.1 Å². The lowest BCUT2D eigenvalue weighted by atomic mass is 10.2. The summed E-state index contributed by atoms with van der Waals surface area (Å²) in [7, 11) is 1.55. The van der Waals surface area contributed by atoms with Crippen molar-refractivity contribution in [1.82, 2.24) is 14.9 Å². The summed E-state index contributed by atoms with van der Waals surface area (Å²) >= 11 is 6.76. The summed E-state index contributed by atoms with van der Waals surface area (Å²) in [5.41, 5.74) is 0.725. The van der Waals surface area contributed by atoms with E-state index in [2.05, 4.69) is 15.5 Å². The molecule has 0 radical (unpaired) electrons. The third-order valence-electron chi connectivity index (χ3n) is 3.55. The average Bonchev–Trinajstić information content (AvgIpc) is 3.02. The van der Waals surface area contributed by atoms with Crippen molar-refractivity contribution in [2.75, 3.05) is 24.0 Å². The van der Waals surface area contributed by atoms with Gasteiger partial charge < -0.3 is 15.9 Å². The first-order valence-corrected chi connectivity index (χ1v) is 9.07. The molecular weight excluding hydrogens is 393 g/mol. The Bertz CT molecular complexity index is 982. The smallest absolute Gasteiger partial charge is 0.234 e. The Labute approximate surface area is 163 Å². The van der Waals surface area contributed by atoms with Crippen LogP contribution >= 0.6 is 23.4 Å². The van der Waals surface area contributed by atoms with Gasteiger partial charge >= 0.3 is 0 Å². The molecule has 0 aliphatic rings. The van der Waals surface area contributed by atoms with Crippen LogP contribution in [0.2, 0.25) is 5.02 Å². The second kappa shape index (κ2) is 8.28. The van der Waals surface area contributed by atoms with Gasteiger partial charge in [0.15, 0.2) is 5.82 Å². The Balaban J connectivity index is 1.68. The molecule has 2 aromatic carbocycles. The van der Waals surface area contributed by atoms with Gasteiger partial charge in [-0.1, -0.05) is 35.5 Å². The molecule has 0 aliphatic carbocycles. The van der Waals surface area contributed by atoms with Gasteiger partial charge in [-0.25, -0.2) is 9.07 Å². The van der Waals surface area contributed by atoms with Crippen LogP contribution in [0.5, 0.6) is 5.75 Å². The minimum Gasteiger partial charge on any atom is -0.496 e. The van der Waals surface area contributed by atoms with Gasteiger partial charge in [-0.15, -0.1) is 10.2 Å². The lowest BCUT2D eigenvalue weighted by Crippen LogP contribution is -2.17. The van der Waals surface area contributed by atoms with Gasteiger partial charge in [0.1, 0.15) is 11.6 Å². The zero-order valence-electron chi connectivity index (χ0n) is 14.1. The second-order valence-electron chi connectivity index (χ2n) is 5.34. The number of nitrogen functional groups attached to an aromatic ring is 1. The highest BCUT2D eigenvalue weighted by Crippen LogP contribution is 2.29. The van der Waals surface area contributed by atoms with Gasteiger partial charge in [-0.05, 0) is 30.3 Å². The molecule has 0 saturated heterocycles. The molecule has 7 nitrogen and oxygen atoms in total. The highest BCUT2D eigenvalue weighted by atomic mass is 35.5. The number of hydrogen-bond donors (Lipinski definition) is 2. The summed E-state index contributed by atoms with van der Waals surface area (Å²) in [5.74, 6) is 6.00. The van der Waals surface area contributed by atoms with E-state index < -0.39 is 11.7 Å². The van der Waals surface area contributed by atoms with E-state index >= 15 is 0 Å². The summed E-state index contributed by atoms with van der Waals surface area (Å²) in [5, 5.41) is 11.1. The van der Waals surface area contributed by atoms with Gasteiger partial charge in [0.25, 0.3) is 0 Å². The van der Waals surface area contributed by atoms with Crippen molar-refractivity contribution in [3.63, 3.8) is 0 Å². The predicted octanol–water partition coefficient (Wildman–Crippen LogP) is 3.19. The minimum atomic E-state index is -0.610. The second-order valence-corrected chi connectivity index (χ2v) is 6.72. The zero-order chi connectivity index (χ0) is 19.4. The Hall–Kier alpha value is -2.78. The Morgan fingerprint density at radius 2 is 2.11 bits per heavy atom. The molecule has 3 N–H and O–H groups in total. The number of nitrogens with zero attached hydrogens (tertiary/aromatic N) is 3. The monoisotopic (exact) mass is 407 g/mol. The third kappa shape index (κ3) is 4.32. The van der Waals surface area contributed by atoms with Crippen molar-refractivity contribution in [2.45, 2.75) is 5.16 Å². The van der Waals surface area contributed by atoms with Crippen molar-refractivity contribution in [3.05, 3.63) is 53.3 Å². The Morgan fingerprint density at radius 1 is 1.33 bits per heavy atom. The number of carbonyl (C=O) groups excluding carboxylic acids is 1. The van der Waals surface area contributed by atoms with Crippen LogP contribution in [0, 0.1) is 5.82 Å². The molecule has 1 aromatic heterocycles. The summed E-state index contributed by atoms with van der Waals surface area (Å²) in [6.45, 7) is 0. The third-order valence-corrected chi connectivity index (χ3v) is 4.73. The molecular formula is C17H15ClFN5O2S. The fourth-order valence-electron chi connectivity index (χ4n) is 2.30. The lowest BCUT2D eigenvalue weighted by molar-refractivity contribution is -0.113. The molecule has 0 unspecified atom stereocenters. The van der Waals surface area contributed by atoms with Crippen molar-refractivity contribution in [2.24, 2.45) is 0 Å². The van der Waals surface area contributed by atoms with Gasteiger partial charge in [0, 0.05) is 5.02 Å². The van der Waals surface area contributed by atoms with Gasteiger partial charge in [-0.2, -0.15) is 0 Å². The number of para-hydroxylation sites is 1. The Morgan fingerprint density at radius 3 is 2.85 bits per heavy atom.